The van der Waals surface area contributed by atoms with Crippen molar-refractivity contribution in [2.24, 2.45) is 0 Å². The number of aliphatic hydroxyl groups excluding tert-OH is 2. The lowest BCUT2D eigenvalue weighted by atomic mass is 10.0. The van der Waals surface area contributed by atoms with Gasteiger partial charge in [-0.2, -0.15) is 0 Å². The monoisotopic (exact) mass is 564 g/mol. The fourth-order valence-corrected chi connectivity index (χ4v) is 5.17. The van der Waals surface area contributed by atoms with Gasteiger partial charge in [-0.25, -0.2) is 0 Å². The van der Waals surface area contributed by atoms with Crippen LogP contribution in [-0.4, -0.2) is 34.9 Å². The Kier molecular flexibility index (Phi) is 31.5. The van der Waals surface area contributed by atoms with Gasteiger partial charge in [-0.05, 0) is 44.9 Å². The maximum atomic E-state index is 12.3. The number of rotatable bonds is 31. The molecule has 0 rings (SSSR count). The zero-order chi connectivity index (χ0) is 29.4. The Hall–Kier alpha value is -1.13. The summed E-state index contributed by atoms with van der Waals surface area (Å²) in [6.07, 6.45) is 39.7. The van der Waals surface area contributed by atoms with E-state index in [1.165, 1.54) is 128 Å². The highest BCUT2D eigenvalue weighted by molar-refractivity contribution is 5.76. The molecule has 0 heterocycles. The maximum absolute atomic E-state index is 12.3. The Morgan fingerprint density at radius 2 is 0.950 bits per heavy atom. The van der Waals surface area contributed by atoms with Gasteiger partial charge in [0.15, 0.2) is 0 Å². The summed E-state index contributed by atoms with van der Waals surface area (Å²) in [5, 5.41) is 22.8. The van der Waals surface area contributed by atoms with Crippen molar-refractivity contribution in [1.82, 2.24) is 5.32 Å². The van der Waals surface area contributed by atoms with Crippen LogP contribution in [-0.2, 0) is 4.79 Å². The fraction of sp³-hybridized carbons (Fsp3) is 0.861. The van der Waals surface area contributed by atoms with Gasteiger partial charge in [0.25, 0.3) is 0 Å². The Labute approximate surface area is 249 Å². The van der Waals surface area contributed by atoms with Gasteiger partial charge >= 0.3 is 0 Å². The van der Waals surface area contributed by atoms with Crippen LogP contribution in [0.25, 0.3) is 0 Å². The molecule has 2 atom stereocenters. The van der Waals surface area contributed by atoms with E-state index in [2.05, 4.69) is 31.3 Å². The second-order valence-corrected chi connectivity index (χ2v) is 11.9. The van der Waals surface area contributed by atoms with E-state index in [1.54, 1.807) is 6.08 Å². The van der Waals surface area contributed by atoms with Crippen LogP contribution < -0.4 is 5.32 Å². The lowest BCUT2D eigenvalue weighted by molar-refractivity contribution is -0.123. The quantitative estimate of drug-likeness (QED) is 0.0580. The largest absolute Gasteiger partial charge is 0.394 e. The van der Waals surface area contributed by atoms with E-state index in [4.69, 9.17) is 0 Å². The molecule has 236 valence electrons. The highest BCUT2D eigenvalue weighted by atomic mass is 16.3. The van der Waals surface area contributed by atoms with Crippen LogP contribution in [0.1, 0.15) is 181 Å². The van der Waals surface area contributed by atoms with Crippen LogP contribution in [0.5, 0.6) is 0 Å². The minimum Gasteiger partial charge on any atom is -0.394 e. The van der Waals surface area contributed by atoms with Gasteiger partial charge in [0.1, 0.15) is 0 Å². The second kappa shape index (κ2) is 32.4. The lowest BCUT2D eigenvalue weighted by Crippen LogP contribution is -2.45. The van der Waals surface area contributed by atoms with Crippen LogP contribution in [0.4, 0.5) is 0 Å². The number of hydrogen-bond acceptors (Lipinski definition) is 3. The van der Waals surface area contributed by atoms with Gasteiger partial charge in [0.05, 0.1) is 18.8 Å². The summed E-state index contributed by atoms with van der Waals surface area (Å²) in [4.78, 5) is 12.3. The van der Waals surface area contributed by atoms with Crippen LogP contribution in [0, 0.1) is 0 Å². The van der Waals surface area contributed by atoms with Crippen molar-refractivity contribution >= 4 is 5.91 Å². The normalized spacial score (nSPS) is 13.4. The van der Waals surface area contributed by atoms with Crippen molar-refractivity contribution < 1.29 is 15.0 Å². The van der Waals surface area contributed by atoms with Crippen molar-refractivity contribution in [2.75, 3.05) is 6.61 Å². The van der Waals surface area contributed by atoms with Crippen molar-refractivity contribution in [3.8, 4) is 0 Å². The number of unbranched alkanes of at least 4 members (excludes halogenated alkanes) is 22. The summed E-state index contributed by atoms with van der Waals surface area (Å²) in [7, 11) is 0. The first-order valence-corrected chi connectivity index (χ1v) is 17.6. The molecule has 0 unspecified atom stereocenters. The molecule has 0 aliphatic carbocycles. The molecular weight excluding hydrogens is 494 g/mol. The van der Waals surface area contributed by atoms with Gasteiger partial charge in [-0.15, -0.1) is 0 Å². The Bertz CT molecular complexity index is 574. The number of carbonyl (C=O) groups is 1. The van der Waals surface area contributed by atoms with E-state index in [9.17, 15) is 15.0 Å². The Morgan fingerprint density at radius 3 is 1.38 bits per heavy atom. The number of hydrogen-bond donors (Lipinski definition) is 3. The lowest BCUT2D eigenvalue weighted by Gasteiger charge is -2.20. The molecule has 0 aliphatic heterocycles. The summed E-state index contributed by atoms with van der Waals surface area (Å²) in [6, 6.07) is -0.621. The molecule has 0 bridgehead atoms. The maximum Gasteiger partial charge on any atom is 0.220 e. The van der Waals surface area contributed by atoms with Gasteiger partial charge < -0.3 is 15.5 Å². The molecule has 0 saturated carbocycles. The average Bonchev–Trinajstić information content (AvgIpc) is 2.96. The summed E-state index contributed by atoms with van der Waals surface area (Å²) >= 11 is 0. The Balaban J connectivity index is 3.66. The van der Waals surface area contributed by atoms with E-state index >= 15 is 0 Å². The highest BCUT2D eigenvalue weighted by Gasteiger charge is 2.17. The van der Waals surface area contributed by atoms with Gasteiger partial charge in [0, 0.05) is 6.42 Å². The molecule has 0 aliphatic rings. The molecule has 0 spiro atoms. The molecule has 0 radical (unpaired) electrons. The average molecular weight is 564 g/mol. The number of aliphatic hydroxyl groups is 2. The molecule has 0 saturated heterocycles. The molecule has 4 nitrogen and oxygen atoms in total. The predicted molar refractivity (Wildman–Crippen MR) is 175 cm³/mol. The standard InChI is InChI=1S/C36H69NO3/c1-3-5-7-9-11-13-15-17-19-21-23-25-27-29-31-35(39)34(33-38)37-36(40)32-30-28-26-24-22-20-18-16-14-12-10-8-6-4-2/h16,18,29,31,34-35,38-39H,3-15,17,19-28,30,32-33H2,1-2H3,(H,37,40)/b18-16+,31-29+/t34-,35+/m0/s1. The van der Waals surface area contributed by atoms with Crippen LogP contribution in [0.3, 0.4) is 0 Å². The van der Waals surface area contributed by atoms with Crippen molar-refractivity contribution in [3.63, 3.8) is 0 Å². The summed E-state index contributed by atoms with van der Waals surface area (Å²) in [5.41, 5.74) is 0. The smallest absolute Gasteiger partial charge is 0.220 e. The topological polar surface area (TPSA) is 69.6 Å². The molecule has 3 N–H and O–H groups in total. The zero-order valence-corrected chi connectivity index (χ0v) is 26.9. The first-order chi connectivity index (χ1) is 19.7. The minimum absolute atomic E-state index is 0.0747. The van der Waals surface area contributed by atoms with Crippen LogP contribution >= 0.6 is 0 Å². The first-order valence-electron chi connectivity index (χ1n) is 17.6. The molecular formula is C36H69NO3. The first kappa shape index (κ1) is 38.9. The van der Waals surface area contributed by atoms with Gasteiger partial charge in [-0.1, -0.05) is 154 Å². The molecule has 4 heteroatoms. The van der Waals surface area contributed by atoms with Gasteiger partial charge in [0.2, 0.25) is 5.91 Å². The van der Waals surface area contributed by atoms with E-state index in [1.807, 2.05) is 6.08 Å². The molecule has 40 heavy (non-hydrogen) atoms. The third-order valence-electron chi connectivity index (χ3n) is 7.93. The minimum atomic E-state index is -0.837. The van der Waals surface area contributed by atoms with Crippen LogP contribution in [0.15, 0.2) is 24.3 Å². The number of amides is 1. The molecule has 0 aromatic heterocycles. The van der Waals surface area contributed by atoms with Crippen LogP contribution in [0.2, 0.25) is 0 Å². The van der Waals surface area contributed by atoms with Crippen molar-refractivity contribution in [3.05, 3.63) is 24.3 Å². The SMILES string of the molecule is CCCCCCC/C=C/CCCCCCCC(=O)N[C@@H](CO)[C@H](O)/C=C/CCCCCCCCCCCCCC. The van der Waals surface area contributed by atoms with E-state index < -0.39 is 12.1 Å². The van der Waals surface area contributed by atoms with Crippen molar-refractivity contribution in [1.29, 1.82) is 0 Å². The summed E-state index contributed by atoms with van der Waals surface area (Å²) in [5.74, 6) is -0.0747. The third-order valence-corrected chi connectivity index (χ3v) is 7.93. The van der Waals surface area contributed by atoms with Gasteiger partial charge in [-0.3, -0.25) is 4.79 Å². The van der Waals surface area contributed by atoms with Crippen molar-refractivity contribution in [2.45, 2.75) is 193 Å². The molecule has 0 fully saturated rings. The predicted octanol–water partition coefficient (Wildman–Crippen LogP) is 10.1. The summed E-state index contributed by atoms with van der Waals surface area (Å²) in [6.45, 7) is 4.28. The summed E-state index contributed by atoms with van der Waals surface area (Å²) < 4.78 is 0. The third kappa shape index (κ3) is 28.4. The number of allylic oxidation sites excluding steroid dienone is 3. The van der Waals surface area contributed by atoms with E-state index in [0.29, 0.717) is 6.42 Å². The molecule has 0 aromatic rings. The number of carbonyl (C=O) groups excluding carboxylic acids is 1. The molecule has 1 amide bonds. The fourth-order valence-electron chi connectivity index (χ4n) is 5.17. The highest BCUT2D eigenvalue weighted by Crippen LogP contribution is 2.13. The zero-order valence-electron chi connectivity index (χ0n) is 26.9. The van der Waals surface area contributed by atoms with E-state index in [0.717, 1.165) is 32.1 Å². The van der Waals surface area contributed by atoms with E-state index in [-0.39, 0.29) is 12.5 Å². The molecule has 0 aromatic carbocycles. The Morgan fingerprint density at radius 1 is 0.575 bits per heavy atom. The number of nitrogens with one attached hydrogen (secondary N) is 1. The second-order valence-electron chi connectivity index (χ2n) is 11.9.